The SMILES string of the molecule is CCOC(=O)c1ccccc1NC(=O)C(Cc1ccccc1)N1C(=O)c2ccccc2C1=O. The Balaban J connectivity index is 1.68. The van der Waals surface area contributed by atoms with Crippen LogP contribution in [0.25, 0.3) is 0 Å². The molecule has 0 radical (unpaired) electrons. The molecule has 7 nitrogen and oxygen atoms in total. The molecule has 1 aliphatic heterocycles. The molecule has 1 heterocycles. The van der Waals surface area contributed by atoms with Gasteiger partial charge in [0.05, 0.1) is 29.0 Å². The number of nitrogens with zero attached hydrogens (tertiary/aromatic N) is 1. The number of imide groups is 1. The van der Waals surface area contributed by atoms with Crippen LogP contribution in [0.4, 0.5) is 5.69 Å². The van der Waals surface area contributed by atoms with Gasteiger partial charge in [-0.1, -0.05) is 54.6 Å². The number of carbonyl (C=O) groups is 4. The average molecular weight is 442 g/mol. The molecule has 1 N–H and O–H groups in total. The zero-order chi connectivity index (χ0) is 23.4. The number of benzene rings is 3. The minimum absolute atomic E-state index is 0.125. The van der Waals surface area contributed by atoms with E-state index in [1.54, 1.807) is 55.5 Å². The molecule has 0 saturated heterocycles. The van der Waals surface area contributed by atoms with Crippen LogP contribution in [0.2, 0.25) is 0 Å². The van der Waals surface area contributed by atoms with Gasteiger partial charge in [-0.25, -0.2) is 4.79 Å². The fraction of sp³-hybridized carbons (Fsp3) is 0.154. The van der Waals surface area contributed by atoms with Crippen molar-refractivity contribution >= 4 is 29.4 Å². The second kappa shape index (κ2) is 9.48. The van der Waals surface area contributed by atoms with Crippen LogP contribution in [0.1, 0.15) is 43.6 Å². The number of rotatable bonds is 7. The van der Waals surface area contributed by atoms with Gasteiger partial charge in [-0.15, -0.1) is 0 Å². The zero-order valence-electron chi connectivity index (χ0n) is 18.0. The number of para-hydroxylation sites is 1. The van der Waals surface area contributed by atoms with Gasteiger partial charge in [0.15, 0.2) is 0 Å². The molecule has 0 fully saturated rings. The summed E-state index contributed by atoms with van der Waals surface area (Å²) in [6.07, 6.45) is 0.125. The molecule has 33 heavy (non-hydrogen) atoms. The summed E-state index contributed by atoms with van der Waals surface area (Å²) in [7, 11) is 0. The minimum Gasteiger partial charge on any atom is -0.462 e. The molecular formula is C26H22N2O5. The van der Waals surface area contributed by atoms with E-state index in [0.717, 1.165) is 10.5 Å². The molecule has 0 saturated carbocycles. The van der Waals surface area contributed by atoms with Crippen LogP contribution in [0.5, 0.6) is 0 Å². The monoisotopic (exact) mass is 442 g/mol. The summed E-state index contributed by atoms with van der Waals surface area (Å²) in [6.45, 7) is 1.88. The van der Waals surface area contributed by atoms with Gasteiger partial charge in [0.1, 0.15) is 6.04 Å². The predicted molar refractivity (Wildman–Crippen MR) is 122 cm³/mol. The fourth-order valence-corrected chi connectivity index (χ4v) is 3.82. The van der Waals surface area contributed by atoms with E-state index in [4.69, 9.17) is 4.74 Å². The van der Waals surface area contributed by atoms with Crippen molar-refractivity contribution in [3.05, 3.63) is 101 Å². The van der Waals surface area contributed by atoms with Crippen LogP contribution in [-0.4, -0.2) is 41.2 Å². The van der Waals surface area contributed by atoms with Crippen LogP contribution < -0.4 is 5.32 Å². The lowest BCUT2D eigenvalue weighted by atomic mass is 10.0. The molecule has 3 aromatic carbocycles. The van der Waals surface area contributed by atoms with Crippen LogP contribution in [-0.2, 0) is 16.0 Å². The van der Waals surface area contributed by atoms with Gasteiger partial charge in [0.2, 0.25) is 5.91 Å². The highest BCUT2D eigenvalue weighted by Gasteiger charge is 2.42. The minimum atomic E-state index is -1.12. The highest BCUT2D eigenvalue weighted by molar-refractivity contribution is 6.23. The topological polar surface area (TPSA) is 92.8 Å². The highest BCUT2D eigenvalue weighted by atomic mass is 16.5. The van der Waals surface area contributed by atoms with E-state index < -0.39 is 29.7 Å². The van der Waals surface area contributed by atoms with E-state index in [2.05, 4.69) is 5.32 Å². The summed E-state index contributed by atoms with van der Waals surface area (Å²) in [4.78, 5) is 53.0. The number of amides is 3. The van der Waals surface area contributed by atoms with Crippen molar-refractivity contribution in [1.82, 2.24) is 4.90 Å². The summed E-state index contributed by atoms with van der Waals surface area (Å²) in [6, 6.07) is 21.0. The van der Waals surface area contributed by atoms with Crippen molar-refractivity contribution in [3.63, 3.8) is 0 Å². The molecular weight excluding hydrogens is 420 g/mol. The average Bonchev–Trinajstić information content (AvgIpc) is 3.08. The first-order chi connectivity index (χ1) is 16.0. The van der Waals surface area contributed by atoms with Gasteiger partial charge in [0.25, 0.3) is 11.8 Å². The lowest BCUT2D eigenvalue weighted by molar-refractivity contribution is -0.119. The molecule has 3 aromatic rings. The molecule has 0 bridgehead atoms. The summed E-state index contributed by atoms with van der Waals surface area (Å²) in [5, 5.41) is 2.73. The van der Waals surface area contributed by atoms with Crippen LogP contribution >= 0.6 is 0 Å². The highest BCUT2D eigenvalue weighted by Crippen LogP contribution is 2.27. The number of ether oxygens (including phenoxy) is 1. The summed E-state index contributed by atoms with van der Waals surface area (Å²) in [5.74, 6) is -2.20. The van der Waals surface area contributed by atoms with E-state index in [-0.39, 0.29) is 35.4 Å². The summed E-state index contributed by atoms with van der Waals surface area (Å²) < 4.78 is 5.07. The van der Waals surface area contributed by atoms with Crippen molar-refractivity contribution in [1.29, 1.82) is 0 Å². The molecule has 0 aliphatic carbocycles. The third kappa shape index (κ3) is 4.39. The Bertz CT molecular complexity index is 1190. The molecule has 7 heteroatoms. The number of fused-ring (bicyclic) bond motifs is 1. The lowest BCUT2D eigenvalue weighted by Gasteiger charge is -2.26. The standard InChI is InChI=1S/C26H22N2O5/c1-2-33-26(32)20-14-8-9-15-21(20)27-23(29)22(16-17-10-4-3-5-11-17)28-24(30)18-12-6-7-13-19(18)25(28)31/h3-15,22H,2,16H2,1H3,(H,27,29). The van der Waals surface area contributed by atoms with E-state index in [0.29, 0.717) is 0 Å². The molecule has 166 valence electrons. The smallest absolute Gasteiger partial charge is 0.340 e. The van der Waals surface area contributed by atoms with Gasteiger partial charge in [-0.3, -0.25) is 19.3 Å². The third-order valence-corrected chi connectivity index (χ3v) is 5.39. The van der Waals surface area contributed by atoms with Crippen LogP contribution in [0.3, 0.4) is 0 Å². The molecule has 4 rings (SSSR count). The van der Waals surface area contributed by atoms with E-state index in [9.17, 15) is 19.2 Å². The second-order valence-electron chi connectivity index (χ2n) is 7.49. The first-order valence-corrected chi connectivity index (χ1v) is 10.6. The first-order valence-electron chi connectivity index (χ1n) is 10.6. The quantitative estimate of drug-likeness (QED) is 0.445. The summed E-state index contributed by atoms with van der Waals surface area (Å²) in [5.41, 5.74) is 1.75. The van der Waals surface area contributed by atoms with Crippen molar-refractivity contribution < 1.29 is 23.9 Å². The zero-order valence-corrected chi connectivity index (χ0v) is 18.0. The number of carbonyl (C=O) groups excluding carboxylic acids is 4. The Kier molecular flexibility index (Phi) is 6.31. The fourth-order valence-electron chi connectivity index (χ4n) is 3.82. The lowest BCUT2D eigenvalue weighted by Crippen LogP contribution is -2.48. The van der Waals surface area contributed by atoms with E-state index >= 15 is 0 Å². The Hall–Kier alpha value is -4.26. The molecule has 0 spiro atoms. The molecule has 1 aliphatic rings. The number of esters is 1. The first kappa shape index (κ1) is 22.0. The van der Waals surface area contributed by atoms with Crippen LogP contribution in [0, 0.1) is 0 Å². The van der Waals surface area contributed by atoms with Crippen molar-refractivity contribution in [3.8, 4) is 0 Å². The Labute approximate surface area is 191 Å². The predicted octanol–water partition coefficient (Wildman–Crippen LogP) is 3.71. The van der Waals surface area contributed by atoms with Crippen LogP contribution in [0.15, 0.2) is 78.9 Å². The van der Waals surface area contributed by atoms with E-state index in [1.165, 1.54) is 0 Å². The molecule has 1 atom stereocenters. The Morgan fingerprint density at radius 2 is 1.42 bits per heavy atom. The second-order valence-corrected chi connectivity index (χ2v) is 7.49. The molecule has 0 aromatic heterocycles. The molecule has 3 amide bonds. The Morgan fingerprint density at radius 1 is 0.848 bits per heavy atom. The largest absolute Gasteiger partial charge is 0.462 e. The summed E-state index contributed by atoms with van der Waals surface area (Å²) >= 11 is 0. The van der Waals surface area contributed by atoms with Crippen molar-refractivity contribution in [2.24, 2.45) is 0 Å². The van der Waals surface area contributed by atoms with Gasteiger partial charge in [-0.2, -0.15) is 0 Å². The van der Waals surface area contributed by atoms with Gasteiger partial charge in [-0.05, 0) is 36.8 Å². The maximum atomic E-state index is 13.5. The normalized spacial score (nSPS) is 13.4. The van der Waals surface area contributed by atoms with Gasteiger partial charge < -0.3 is 10.1 Å². The number of hydrogen-bond donors (Lipinski definition) is 1. The maximum Gasteiger partial charge on any atom is 0.340 e. The molecule has 1 unspecified atom stereocenters. The Morgan fingerprint density at radius 3 is 2.06 bits per heavy atom. The van der Waals surface area contributed by atoms with Gasteiger partial charge >= 0.3 is 5.97 Å². The van der Waals surface area contributed by atoms with Crippen molar-refractivity contribution in [2.45, 2.75) is 19.4 Å². The van der Waals surface area contributed by atoms with Gasteiger partial charge in [0, 0.05) is 6.42 Å². The third-order valence-electron chi connectivity index (χ3n) is 5.39. The number of nitrogens with one attached hydrogen (secondary N) is 1. The van der Waals surface area contributed by atoms with Crippen molar-refractivity contribution in [2.75, 3.05) is 11.9 Å². The number of hydrogen-bond acceptors (Lipinski definition) is 5. The van der Waals surface area contributed by atoms with E-state index in [1.807, 2.05) is 30.3 Å². The maximum absolute atomic E-state index is 13.5. The number of anilines is 1.